The summed E-state index contributed by atoms with van der Waals surface area (Å²) in [5, 5.41) is 24.0. The Morgan fingerprint density at radius 2 is 1.64 bits per heavy atom. The molecule has 0 radical (unpaired) electrons. The van der Waals surface area contributed by atoms with Crippen LogP contribution in [-0.2, 0) is 7.05 Å². The predicted molar refractivity (Wildman–Crippen MR) is 90.2 cm³/mol. The monoisotopic (exact) mass is 340 g/mol. The van der Waals surface area contributed by atoms with Crippen LogP contribution in [0.1, 0.15) is 18.8 Å². The molecule has 0 aliphatic carbocycles. The zero-order valence-electron chi connectivity index (χ0n) is 14.3. The minimum Gasteiger partial charge on any atom is -0.337 e. The van der Waals surface area contributed by atoms with E-state index in [1.165, 1.54) is 0 Å². The fourth-order valence-electron chi connectivity index (χ4n) is 3.18. The Labute approximate surface area is 145 Å². The molecule has 1 fully saturated rings. The SMILES string of the molecule is C[C@@H](c1nnnn1C)N1CCN(c2nnnn2-c2ccccc2)CC1. The third kappa shape index (κ3) is 2.95. The zero-order valence-corrected chi connectivity index (χ0v) is 14.3. The first-order valence-corrected chi connectivity index (χ1v) is 8.29. The van der Waals surface area contributed by atoms with Gasteiger partial charge in [-0.25, -0.2) is 4.68 Å². The summed E-state index contributed by atoms with van der Waals surface area (Å²) in [6, 6.07) is 10.1. The fourth-order valence-corrected chi connectivity index (χ4v) is 3.18. The summed E-state index contributed by atoms with van der Waals surface area (Å²) in [7, 11) is 1.87. The lowest BCUT2D eigenvalue weighted by Gasteiger charge is -2.37. The van der Waals surface area contributed by atoms with Gasteiger partial charge in [0.2, 0.25) is 5.95 Å². The summed E-state index contributed by atoms with van der Waals surface area (Å²) in [5.41, 5.74) is 0.962. The van der Waals surface area contributed by atoms with Crippen molar-refractivity contribution in [3.63, 3.8) is 0 Å². The molecular weight excluding hydrogens is 320 g/mol. The van der Waals surface area contributed by atoms with Crippen LogP contribution in [0.4, 0.5) is 5.95 Å². The van der Waals surface area contributed by atoms with E-state index in [2.05, 4.69) is 47.8 Å². The molecule has 0 amide bonds. The number of aromatic nitrogens is 8. The summed E-state index contributed by atoms with van der Waals surface area (Å²) < 4.78 is 3.51. The minimum atomic E-state index is 0.173. The molecule has 3 heterocycles. The van der Waals surface area contributed by atoms with Crippen LogP contribution in [0.15, 0.2) is 30.3 Å². The highest BCUT2D eigenvalue weighted by Crippen LogP contribution is 2.22. The number of nitrogens with zero attached hydrogens (tertiary/aromatic N) is 10. The smallest absolute Gasteiger partial charge is 0.250 e. The number of tetrazole rings is 2. The molecule has 0 spiro atoms. The van der Waals surface area contributed by atoms with Gasteiger partial charge in [0.25, 0.3) is 0 Å². The van der Waals surface area contributed by atoms with Gasteiger partial charge in [-0.1, -0.05) is 23.3 Å². The first-order chi connectivity index (χ1) is 12.2. The van der Waals surface area contributed by atoms with E-state index in [1.54, 1.807) is 9.36 Å². The molecule has 1 aliphatic heterocycles. The molecule has 0 bridgehead atoms. The Balaban J connectivity index is 1.47. The Hall–Kier alpha value is -2.88. The van der Waals surface area contributed by atoms with Crippen LogP contribution in [0.5, 0.6) is 0 Å². The van der Waals surface area contributed by atoms with Crippen LogP contribution in [0.2, 0.25) is 0 Å². The molecule has 3 aromatic rings. The van der Waals surface area contributed by atoms with Crippen molar-refractivity contribution in [2.75, 3.05) is 31.1 Å². The number of aryl methyl sites for hydroxylation is 1. The van der Waals surface area contributed by atoms with E-state index in [1.807, 2.05) is 37.4 Å². The average molecular weight is 340 g/mol. The first kappa shape index (κ1) is 15.6. The van der Waals surface area contributed by atoms with Crippen molar-refractivity contribution in [3.05, 3.63) is 36.2 Å². The highest BCUT2D eigenvalue weighted by atomic mass is 15.6. The maximum absolute atomic E-state index is 4.22. The Kier molecular flexibility index (Phi) is 4.10. The van der Waals surface area contributed by atoms with Crippen LogP contribution < -0.4 is 4.90 Å². The molecule has 10 heteroatoms. The third-order valence-electron chi connectivity index (χ3n) is 4.63. The molecule has 1 aliphatic rings. The molecule has 2 aromatic heterocycles. The second-order valence-corrected chi connectivity index (χ2v) is 6.09. The normalized spacial score (nSPS) is 17.0. The topological polar surface area (TPSA) is 93.7 Å². The number of hydrogen-bond acceptors (Lipinski definition) is 8. The maximum atomic E-state index is 4.22. The molecule has 130 valence electrons. The van der Waals surface area contributed by atoms with E-state index < -0.39 is 0 Å². The van der Waals surface area contributed by atoms with Gasteiger partial charge < -0.3 is 4.90 Å². The minimum absolute atomic E-state index is 0.173. The molecular formula is C15H20N10. The summed E-state index contributed by atoms with van der Waals surface area (Å²) in [6.45, 7) is 5.63. The van der Waals surface area contributed by atoms with Crippen molar-refractivity contribution in [1.82, 2.24) is 45.3 Å². The van der Waals surface area contributed by atoms with E-state index in [-0.39, 0.29) is 6.04 Å². The van der Waals surface area contributed by atoms with Crippen molar-refractivity contribution in [2.45, 2.75) is 13.0 Å². The highest BCUT2D eigenvalue weighted by molar-refractivity contribution is 5.40. The predicted octanol–water partition coefficient (Wildman–Crippen LogP) is 0.0690. The van der Waals surface area contributed by atoms with Gasteiger partial charge in [0.1, 0.15) is 0 Å². The number of para-hydroxylation sites is 1. The number of hydrogen-bond donors (Lipinski definition) is 0. The zero-order chi connectivity index (χ0) is 17.2. The molecule has 10 nitrogen and oxygen atoms in total. The van der Waals surface area contributed by atoms with Gasteiger partial charge in [-0.3, -0.25) is 4.90 Å². The standard InChI is InChI=1S/C15H20N10/c1-12(14-16-18-20-22(14)2)23-8-10-24(11-9-23)15-17-19-21-25(15)13-6-4-3-5-7-13/h3-7,12H,8-11H2,1-2H3/t12-/m0/s1. The second-order valence-electron chi connectivity index (χ2n) is 6.09. The van der Waals surface area contributed by atoms with E-state index in [9.17, 15) is 0 Å². The number of rotatable bonds is 4. The van der Waals surface area contributed by atoms with Crippen LogP contribution in [0.3, 0.4) is 0 Å². The number of piperazine rings is 1. The van der Waals surface area contributed by atoms with Crippen LogP contribution >= 0.6 is 0 Å². The van der Waals surface area contributed by atoms with Crippen molar-refractivity contribution in [2.24, 2.45) is 7.05 Å². The van der Waals surface area contributed by atoms with E-state index >= 15 is 0 Å². The van der Waals surface area contributed by atoms with Crippen molar-refractivity contribution < 1.29 is 0 Å². The Morgan fingerprint density at radius 3 is 2.32 bits per heavy atom. The largest absolute Gasteiger partial charge is 0.337 e. The van der Waals surface area contributed by atoms with Crippen molar-refractivity contribution >= 4 is 5.95 Å². The number of anilines is 1. The summed E-state index contributed by atoms with van der Waals surface area (Å²) in [5.74, 6) is 1.65. The van der Waals surface area contributed by atoms with Gasteiger partial charge in [0, 0.05) is 33.2 Å². The molecule has 1 aromatic carbocycles. The third-order valence-corrected chi connectivity index (χ3v) is 4.63. The van der Waals surface area contributed by atoms with Gasteiger partial charge in [-0.05, 0) is 39.9 Å². The van der Waals surface area contributed by atoms with Crippen molar-refractivity contribution in [1.29, 1.82) is 0 Å². The molecule has 1 atom stereocenters. The van der Waals surface area contributed by atoms with E-state index in [0.717, 1.165) is 43.6 Å². The molecule has 25 heavy (non-hydrogen) atoms. The number of benzene rings is 1. The lowest BCUT2D eigenvalue weighted by Crippen LogP contribution is -2.48. The van der Waals surface area contributed by atoms with Gasteiger partial charge in [0.05, 0.1) is 11.7 Å². The van der Waals surface area contributed by atoms with Crippen LogP contribution in [0.25, 0.3) is 5.69 Å². The Morgan fingerprint density at radius 1 is 0.920 bits per heavy atom. The second kappa shape index (κ2) is 6.55. The van der Waals surface area contributed by atoms with E-state index in [0.29, 0.717) is 0 Å². The fraction of sp³-hybridized carbons (Fsp3) is 0.467. The molecule has 0 N–H and O–H groups in total. The average Bonchev–Trinajstić information content (AvgIpc) is 3.31. The summed E-state index contributed by atoms with van der Waals surface area (Å²) in [6.07, 6.45) is 0. The molecule has 0 unspecified atom stereocenters. The molecule has 1 saturated heterocycles. The van der Waals surface area contributed by atoms with Crippen LogP contribution in [0, 0.1) is 0 Å². The van der Waals surface area contributed by atoms with Gasteiger partial charge in [-0.2, -0.15) is 4.68 Å². The summed E-state index contributed by atoms with van der Waals surface area (Å²) in [4.78, 5) is 4.59. The molecule has 0 saturated carbocycles. The van der Waals surface area contributed by atoms with E-state index in [4.69, 9.17) is 0 Å². The van der Waals surface area contributed by atoms with Crippen LogP contribution in [-0.4, -0.2) is 71.5 Å². The lowest BCUT2D eigenvalue weighted by atomic mass is 10.2. The van der Waals surface area contributed by atoms with Gasteiger partial charge >= 0.3 is 0 Å². The molecule has 4 rings (SSSR count). The van der Waals surface area contributed by atoms with Gasteiger partial charge in [0.15, 0.2) is 5.82 Å². The maximum Gasteiger partial charge on any atom is 0.250 e. The summed E-state index contributed by atoms with van der Waals surface area (Å²) >= 11 is 0. The first-order valence-electron chi connectivity index (χ1n) is 8.29. The lowest BCUT2D eigenvalue weighted by molar-refractivity contribution is 0.187. The van der Waals surface area contributed by atoms with Gasteiger partial charge in [-0.15, -0.1) is 5.10 Å². The Bertz CT molecular complexity index is 818. The highest BCUT2D eigenvalue weighted by Gasteiger charge is 2.27. The quantitative estimate of drug-likeness (QED) is 0.659. The van der Waals surface area contributed by atoms with Crippen molar-refractivity contribution in [3.8, 4) is 5.69 Å².